The number of anilines is 2. The van der Waals surface area contributed by atoms with Crippen molar-refractivity contribution in [2.45, 2.75) is 25.9 Å². The summed E-state index contributed by atoms with van der Waals surface area (Å²) in [6.07, 6.45) is 4.75. The van der Waals surface area contributed by atoms with Gasteiger partial charge in [-0.2, -0.15) is 4.98 Å². The maximum absolute atomic E-state index is 13.6. The third-order valence-electron chi connectivity index (χ3n) is 6.27. The molecule has 2 aromatic carbocycles. The minimum absolute atomic E-state index is 0.196. The summed E-state index contributed by atoms with van der Waals surface area (Å²) in [5.74, 6) is -0.664. The average molecular weight is 562 g/mol. The van der Waals surface area contributed by atoms with Gasteiger partial charge in [0, 0.05) is 24.3 Å². The van der Waals surface area contributed by atoms with Gasteiger partial charge < -0.3 is 15.2 Å². The number of aromatic nitrogens is 4. The standard InChI is InChI=1S/C25H26ClF2N7O2S/c1-38(36,37)34-17-5-6-19(26)18(10-17)23-32-22-13-31-25(30-12-15-4-7-20(27)21(28)9-15)33-24(22)35(23)14-16-3-2-8-29-11-16/h4-7,9-10,13,16,29,34H,2-3,8,11-12,14H2,1H3,(H,30,31,33)/t16-/m1/s1. The van der Waals surface area contributed by atoms with E-state index >= 15 is 0 Å². The van der Waals surface area contributed by atoms with Crippen molar-refractivity contribution >= 4 is 44.4 Å². The molecule has 1 saturated heterocycles. The van der Waals surface area contributed by atoms with Crippen molar-refractivity contribution in [2.24, 2.45) is 5.92 Å². The van der Waals surface area contributed by atoms with Crippen LogP contribution in [0.15, 0.2) is 42.6 Å². The van der Waals surface area contributed by atoms with Gasteiger partial charge >= 0.3 is 0 Å². The first-order valence-corrected chi connectivity index (χ1v) is 14.3. The number of hydrogen-bond acceptors (Lipinski definition) is 7. The fraction of sp³-hybridized carbons (Fsp3) is 0.320. The topological polar surface area (TPSA) is 114 Å². The Morgan fingerprint density at radius 3 is 2.74 bits per heavy atom. The summed E-state index contributed by atoms with van der Waals surface area (Å²) in [6, 6.07) is 8.55. The van der Waals surface area contributed by atoms with Gasteiger partial charge in [-0.25, -0.2) is 27.2 Å². The van der Waals surface area contributed by atoms with Crippen LogP contribution < -0.4 is 15.4 Å². The van der Waals surface area contributed by atoms with E-state index in [-0.39, 0.29) is 6.54 Å². The first kappa shape index (κ1) is 26.3. The second-order valence-corrected chi connectivity index (χ2v) is 11.5. The number of nitrogens with one attached hydrogen (secondary N) is 3. The van der Waals surface area contributed by atoms with E-state index in [0.29, 0.717) is 57.2 Å². The molecule has 3 N–H and O–H groups in total. The highest BCUT2D eigenvalue weighted by Gasteiger charge is 2.22. The molecule has 38 heavy (non-hydrogen) atoms. The summed E-state index contributed by atoms with van der Waals surface area (Å²) in [7, 11) is -3.49. The Morgan fingerprint density at radius 2 is 2.00 bits per heavy atom. The van der Waals surface area contributed by atoms with Gasteiger partial charge in [0.1, 0.15) is 11.3 Å². The number of nitrogens with zero attached hydrogens (tertiary/aromatic N) is 4. The monoisotopic (exact) mass is 561 g/mol. The smallest absolute Gasteiger partial charge is 0.229 e. The minimum atomic E-state index is -3.49. The van der Waals surface area contributed by atoms with Crippen LogP contribution in [0.1, 0.15) is 18.4 Å². The van der Waals surface area contributed by atoms with Gasteiger partial charge in [0.15, 0.2) is 17.3 Å². The molecule has 4 aromatic rings. The van der Waals surface area contributed by atoms with Crippen LogP contribution in [0.2, 0.25) is 5.02 Å². The zero-order chi connectivity index (χ0) is 26.9. The van der Waals surface area contributed by atoms with Crippen molar-refractivity contribution in [3.8, 4) is 11.4 Å². The van der Waals surface area contributed by atoms with Gasteiger partial charge in [0.25, 0.3) is 0 Å². The van der Waals surface area contributed by atoms with E-state index in [1.54, 1.807) is 24.4 Å². The van der Waals surface area contributed by atoms with Crippen LogP contribution in [0.3, 0.4) is 0 Å². The Bertz CT molecular complexity index is 1590. The van der Waals surface area contributed by atoms with Gasteiger partial charge in [-0.3, -0.25) is 4.72 Å². The van der Waals surface area contributed by atoms with Crippen LogP contribution in [0, 0.1) is 17.6 Å². The summed E-state index contributed by atoms with van der Waals surface area (Å²) in [6.45, 7) is 2.62. The number of rotatable bonds is 8. The molecule has 0 bridgehead atoms. The van der Waals surface area contributed by atoms with Gasteiger partial charge in [0.05, 0.1) is 17.5 Å². The van der Waals surface area contributed by atoms with Crippen LogP contribution in [-0.2, 0) is 23.1 Å². The molecule has 3 heterocycles. The molecule has 1 fully saturated rings. The summed E-state index contributed by atoms with van der Waals surface area (Å²) >= 11 is 6.57. The molecule has 13 heteroatoms. The van der Waals surface area contributed by atoms with Crippen molar-refractivity contribution in [2.75, 3.05) is 29.4 Å². The van der Waals surface area contributed by atoms with E-state index in [1.807, 2.05) is 4.57 Å². The van der Waals surface area contributed by atoms with Crippen LogP contribution in [0.25, 0.3) is 22.6 Å². The summed E-state index contributed by atoms with van der Waals surface area (Å²) in [5, 5.41) is 6.89. The summed E-state index contributed by atoms with van der Waals surface area (Å²) < 4.78 is 54.9. The van der Waals surface area contributed by atoms with Gasteiger partial charge in [-0.1, -0.05) is 17.7 Å². The lowest BCUT2D eigenvalue weighted by Crippen LogP contribution is -2.32. The van der Waals surface area contributed by atoms with E-state index in [1.165, 1.54) is 6.07 Å². The molecule has 9 nitrogen and oxygen atoms in total. The number of halogens is 3. The van der Waals surface area contributed by atoms with Crippen LogP contribution in [0.4, 0.5) is 20.4 Å². The Hall–Kier alpha value is -3.35. The maximum atomic E-state index is 13.6. The second-order valence-electron chi connectivity index (χ2n) is 9.33. The summed E-state index contributed by atoms with van der Waals surface area (Å²) in [4.78, 5) is 13.8. The lowest BCUT2D eigenvalue weighted by atomic mass is 9.99. The first-order chi connectivity index (χ1) is 18.2. The molecule has 0 saturated carbocycles. The van der Waals surface area contributed by atoms with Crippen molar-refractivity contribution in [3.63, 3.8) is 0 Å². The van der Waals surface area contributed by atoms with Crippen LogP contribution in [0.5, 0.6) is 0 Å². The fourth-order valence-corrected chi connectivity index (χ4v) is 5.28. The molecule has 0 aliphatic carbocycles. The van der Waals surface area contributed by atoms with Crippen molar-refractivity contribution < 1.29 is 17.2 Å². The number of benzene rings is 2. The Labute approximate surface area is 223 Å². The van der Waals surface area contributed by atoms with Gasteiger partial charge in [0.2, 0.25) is 16.0 Å². The minimum Gasteiger partial charge on any atom is -0.350 e. The first-order valence-electron chi connectivity index (χ1n) is 12.1. The molecule has 1 atom stereocenters. The van der Waals surface area contributed by atoms with E-state index in [4.69, 9.17) is 16.6 Å². The van der Waals surface area contributed by atoms with E-state index in [9.17, 15) is 17.2 Å². The average Bonchev–Trinajstić information content (AvgIpc) is 3.23. The van der Waals surface area contributed by atoms with E-state index in [2.05, 4.69) is 25.3 Å². The van der Waals surface area contributed by atoms with Crippen molar-refractivity contribution in [1.29, 1.82) is 0 Å². The molecule has 1 aliphatic rings. The lowest BCUT2D eigenvalue weighted by Gasteiger charge is -2.24. The lowest BCUT2D eigenvalue weighted by molar-refractivity contribution is 0.341. The number of hydrogen-bond donors (Lipinski definition) is 3. The zero-order valence-electron chi connectivity index (χ0n) is 20.5. The van der Waals surface area contributed by atoms with Crippen molar-refractivity contribution in [1.82, 2.24) is 24.8 Å². The Balaban J connectivity index is 1.53. The number of sulfonamides is 1. The molecular formula is C25H26ClF2N7O2S. The molecule has 200 valence electrons. The van der Waals surface area contributed by atoms with E-state index < -0.39 is 21.7 Å². The predicted octanol–water partition coefficient (Wildman–Crippen LogP) is 4.41. The SMILES string of the molecule is CS(=O)(=O)Nc1ccc(Cl)c(-c2nc3cnc(NCc4ccc(F)c(F)c4)nc3n2C[C@@H]2CCCNC2)c1. The highest BCUT2D eigenvalue weighted by molar-refractivity contribution is 7.92. The molecule has 0 spiro atoms. The Morgan fingerprint density at radius 1 is 1.16 bits per heavy atom. The number of imidazole rings is 1. The molecule has 5 rings (SSSR count). The second kappa shape index (κ2) is 10.8. The Kier molecular flexibility index (Phi) is 7.46. The normalized spacial score (nSPS) is 16.1. The highest BCUT2D eigenvalue weighted by Crippen LogP contribution is 2.33. The third kappa shape index (κ3) is 6.03. The molecule has 0 radical (unpaired) electrons. The zero-order valence-corrected chi connectivity index (χ0v) is 22.1. The third-order valence-corrected chi connectivity index (χ3v) is 7.21. The molecule has 0 amide bonds. The van der Waals surface area contributed by atoms with Gasteiger partial charge in [-0.15, -0.1) is 0 Å². The largest absolute Gasteiger partial charge is 0.350 e. The molecule has 2 aromatic heterocycles. The maximum Gasteiger partial charge on any atom is 0.229 e. The number of fused-ring (bicyclic) bond motifs is 1. The molecule has 1 aliphatic heterocycles. The molecule has 0 unspecified atom stereocenters. The summed E-state index contributed by atoms with van der Waals surface area (Å²) in [5.41, 5.74) is 2.57. The molecular weight excluding hydrogens is 536 g/mol. The predicted molar refractivity (Wildman–Crippen MR) is 144 cm³/mol. The quantitative estimate of drug-likeness (QED) is 0.292. The van der Waals surface area contributed by atoms with Crippen molar-refractivity contribution in [3.05, 3.63) is 64.8 Å². The van der Waals surface area contributed by atoms with Crippen LogP contribution >= 0.6 is 11.6 Å². The number of piperidine rings is 1. The highest BCUT2D eigenvalue weighted by atomic mass is 35.5. The van der Waals surface area contributed by atoms with Crippen LogP contribution in [-0.4, -0.2) is 47.3 Å². The van der Waals surface area contributed by atoms with Gasteiger partial charge in [-0.05, 0) is 67.7 Å². The fourth-order valence-electron chi connectivity index (χ4n) is 4.53. The van der Waals surface area contributed by atoms with E-state index in [0.717, 1.165) is 44.3 Å².